The van der Waals surface area contributed by atoms with Crippen LogP contribution in [0.4, 0.5) is 5.69 Å². The molecular formula is C19H26N3O3S2+. The van der Waals surface area contributed by atoms with Gasteiger partial charge in [0.05, 0.1) is 16.3 Å². The number of nitrogens with one attached hydrogen (secondary N) is 2. The molecule has 3 rings (SSSR count). The van der Waals surface area contributed by atoms with Crippen LogP contribution in [0.3, 0.4) is 0 Å². The molecule has 0 bridgehead atoms. The second-order valence-electron chi connectivity index (χ2n) is 6.72. The number of amides is 1. The summed E-state index contributed by atoms with van der Waals surface area (Å²) in [5, 5.41) is 4.91. The SMILES string of the molecule is CC[NH+](CC(=O)Nc1ccc(S(=O)(=O)N2CCCC2)cc1)Cc1cccs1. The van der Waals surface area contributed by atoms with Crippen LogP contribution in [-0.2, 0) is 21.4 Å². The maximum absolute atomic E-state index is 12.5. The number of nitrogens with zero attached hydrogens (tertiary/aromatic N) is 1. The number of benzene rings is 1. The molecule has 1 atom stereocenters. The molecule has 2 N–H and O–H groups in total. The molecule has 0 spiro atoms. The third-order valence-corrected chi connectivity index (χ3v) is 7.55. The Morgan fingerprint density at radius 2 is 1.89 bits per heavy atom. The van der Waals surface area contributed by atoms with Gasteiger partial charge < -0.3 is 10.2 Å². The lowest BCUT2D eigenvalue weighted by Crippen LogP contribution is -3.11. The lowest BCUT2D eigenvalue weighted by Gasteiger charge is -2.17. The molecule has 1 fully saturated rings. The van der Waals surface area contributed by atoms with Crippen LogP contribution in [0, 0.1) is 0 Å². The van der Waals surface area contributed by atoms with Crippen molar-refractivity contribution in [3.8, 4) is 0 Å². The first-order valence-electron chi connectivity index (χ1n) is 9.25. The minimum absolute atomic E-state index is 0.0708. The van der Waals surface area contributed by atoms with Crippen LogP contribution in [-0.4, -0.2) is 44.8 Å². The zero-order chi connectivity index (χ0) is 19.3. The molecule has 2 heterocycles. The predicted octanol–water partition coefficient (Wildman–Crippen LogP) is 1.58. The summed E-state index contributed by atoms with van der Waals surface area (Å²) in [5.41, 5.74) is 0.618. The van der Waals surface area contributed by atoms with Gasteiger partial charge >= 0.3 is 0 Å². The molecule has 1 aliphatic heterocycles. The highest BCUT2D eigenvalue weighted by Crippen LogP contribution is 2.22. The molecule has 0 aliphatic carbocycles. The molecule has 0 radical (unpaired) electrons. The highest BCUT2D eigenvalue weighted by molar-refractivity contribution is 7.89. The van der Waals surface area contributed by atoms with Crippen molar-refractivity contribution in [2.24, 2.45) is 0 Å². The van der Waals surface area contributed by atoms with E-state index >= 15 is 0 Å². The van der Waals surface area contributed by atoms with Crippen molar-refractivity contribution in [1.29, 1.82) is 0 Å². The molecule has 1 aromatic carbocycles. The number of sulfonamides is 1. The number of rotatable bonds is 8. The molecule has 1 aromatic heterocycles. The number of anilines is 1. The van der Waals surface area contributed by atoms with E-state index in [1.54, 1.807) is 35.6 Å². The first kappa shape index (κ1) is 20.0. The van der Waals surface area contributed by atoms with Gasteiger partial charge in [-0.05, 0) is 55.5 Å². The van der Waals surface area contributed by atoms with E-state index < -0.39 is 10.0 Å². The van der Waals surface area contributed by atoms with Crippen LogP contribution in [0.1, 0.15) is 24.6 Å². The number of thiophene rings is 1. The second-order valence-corrected chi connectivity index (χ2v) is 9.69. The lowest BCUT2D eigenvalue weighted by molar-refractivity contribution is -0.903. The van der Waals surface area contributed by atoms with Gasteiger partial charge in [0, 0.05) is 18.8 Å². The molecule has 146 valence electrons. The maximum Gasteiger partial charge on any atom is 0.279 e. The molecular weight excluding hydrogens is 382 g/mol. The van der Waals surface area contributed by atoms with Gasteiger partial charge in [0.2, 0.25) is 10.0 Å². The largest absolute Gasteiger partial charge is 0.323 e. The summed E-state index contributed by atoms with van der Waals surface area (Å²) in [4.78, 5) is 15.1. The van der Waals surface area contributed by atoms with E-state index in [1.165, 1.54) is 14.1 Å². The van der Waals surface area contributed by atoms with E-state index in [2.05, 4.69) is 18.3 Å². The van der Waals surface area contributed by atoms with Gasteiger partial charge in [-0.3, -0.25) is 4.79 Å². The van der Waals surface area contributed by atoms with Crippen LogP contribution in [0.5, 0.6) is 0 Å². The van der Waals surface area contributed by atoms with Gasteiger partial charge in [0.1, 0.15) is 6.54 Å². The first-order chi connectivity index (χ1) is 13.0. The topological polar surface area (TPSA) is 70.9 Å². The highest BCUT2D eigenvalue weighted by atomic mass is 32.2. The standard InChI is InChI=1S/C19H25N3O3S2/c1-2-21(14-17-6-5-13-26-17)15-19(23)20-16-7-9-18(10-8-16)27(24,25)22-11-3-4-12-22/h5-10,13H,2-4,11-12,14-15H2,1H3,(H,20,23)/p+1. The van der Waals surface area contributed by atoms with E-state index in [-0.39, 0.29) is 10.8 Å². The molecule has 6 nitrogen and oxygen atoms in total. The molecule has 1 amide bonds. The van der Waals surface area contributed by atoms with Crippen molar-refractivity contribution >= 4 is 33.0 Å². The molecule has 2 aromatic rings. The fourth-order valence-corrected chi connectivity index (χ4v) is 5.49. The Bertz CT molecular complexity index is 843. The minimum atomic E-state index is -3.42. The molecule has 8 heteroatoms. The van der Waals surface area contributed by atoms with Crippen molar-refractivity contribution in [3.63, 3.8) is 0 Å². The second kappa shape index (κ2) is 8.97. The average molecular weight is 409 g/mol. The summed E-state index contributed by atoms with van der Waals surface area (Å²) >= 11 is 1.70. The Morgan fingerprint density at radius 1 is 1.19 bits per heavy atom. The van der Waals surface area contributed by atoms with Crippen LogP contribution >= 0.6 is 11.3 Å². The minimum Gasteiger partial charge on any atom is -0.323 e. The van der Waals surface area contributed by atoms with E-state index in [1.807, 2.05) is 11.4 Å². The summed E-state index contributed by atoms with van der Waals surface area (Å²) in [5.74, 6) is -0.0708. The number of carbonyl (C=O) groups excluding carboxylic acids is 1. The van der Waals surface area contributed by atoms with E-state index in [0.717, 1.165) is 25.9 Å². The van der Waals surface area contributed by atoms with Crippen LogP contribution in [0.2, 0.25) is 0 Å². The van der Waals surface area contributed by atoms with Crippen molar-refractivity contribution < 1.29 is 18.1 Å². The molecule has 1 unspecified atom stereocenters. The molecule has 27 heavy (non-hydrogen) atoms. The Kier molecular flexibility index (Phi) is 6.64. The Labute approximate surface area is 164 Å². The van der Waals surface area contributed by atoms with Gasteiger partial charge in [0.15, 0.2) is 6.54 Å². The Hall–Kier alpha value is -1.74. The number of likely N-dealkylation sites (N-methyl/N-ethyl adjacent to an activating group) is 1. The quantitative estimate of drug-likeness (QED) is 0.697. The number of carbonyl (C=O) groups is 1. The normalized spacial score (nSPS) is 16.3. The number of hydrogen-bond acceptors (Lipinski definition) is 4. The average Bonchev–Trinajstić information content (AvgIpc) is 3.35. The maximum atomic E-state index is 12.5. The smallest absolute Gasteiger partial charge is 0.279 e. The first-order valence-corrected chi connectivity index (χ1v) is 11.6. The Balaban J connectivity index is 1.58. The van der Waals surface area contributed by atoms with Crippen molar-refractivity contribution in [1.82, 2.24) is 4.31 Å². The summed E-state index contributed by atoms with van der Waals surface area (Å²) in [6.45, 7) is 5.30. The van der Waals surface area contributed by atoms with Gasteiger partial charge in [-0.15, -0.1) is 11.3 Å². The fraction of sp³-hybridized carbons (Fsp3) is 0.421. The van der Waals surface area contributed by atoms with Crippen LogP contribution in [0.15, 0.2) is 46.7 Å². The van der Waals surface area contributed by atoms with Gasteiger partial charge in [-0.2, -0.15) is 4.31 Å². The highest BCUT2D eigenvalue weighted by Gasteiger charge is 2.27. The predicted molar refractivity (Wildman–Crippen MR) is 107 cm³/mol. The third-order valence-electron chi connectivity index (χ3n) is 4.76. The number of hydrogen-bond donors (Lipinski definition) is 2. The third kappa shape index (κ3) is 5.16. The van der Waals surface area contributed by atoms with E-state index in [4.69, 9.17) is 0 Å². The van der Waals surface area contributed by atoms with Crippen molar-refractivity contribution in [3.05, 3.63) is 46.7 Å². The van der Waals surface area contributed by atoms with Gasteiger partial charge in [-0.25, -0.2) is 8.42 Å². The number of quaternary nitrogens is 1. The zero-order valence-corrected chi connectivity index (χ0v) is 17.1. The van der Waals surface area contributed by atoms with Crippen molar-refractivity contribution in [2.45, 2.75) is 31.2 Å². The molecule has 0 saturated carbocycles. The van der Waals surface area contributed by atoms with E-state index in [9.17, 15) is 13.2 Å². The van der Waals surface area contributed by atoms with Gasteiger partial charge in [0.25, 0.3) is 5.91 Å². The lowest BCUT2D eigenvalue weighted by atomic mass is 10.3. The summed E-state index contributed by atoms with van der Waals surface area (Å²) in [6, 6.07) is 10.6. The van der Waals surface area contributed by atoms with Crippen LogP contribution in [0.25, 0.3) is 0 Å². The van der Waals surface area contributed by atoms with Gasteiger partial charge in [-0.1, -0.05) is 6.07 Å². The monoisotopic (exact) mass is 408 g/mol. The Morgan fingerprint density at radius 3 is 2.48 bits per heavy atom. The molecule has 1 aliphatic rings. The summed E-state index contributed by atoms with van der Waals surface area (Å²) < 4.78 is 26.6. The fourth-order valence-electron chi connectivity index (χ4n) is 3.19. The molecule has 1 saturated heterocycles. The summed E-state index contributed by atoms with van der Waals surface area (Å²) in [7, 11) is -3.42. The van der Waals surface area contributed by atoms with Crippen molar-refractivity contribution in [2.75, 3.05) is 31.5 Å². The summed E-state index contributed by atoms with van der Waals surface area (Å²) in [6.07, 6.45) is 1.82. The zero-order valence-electron chi connectivity index (χ0n) is 15.5. The van der Waals surface area contributed by atoms with Crippen LogP contribution < -0.4 is 10.2 Å². The van der Waals surface area contributed by atoms with E-state index in [0.29, 0.717) is 25.3 Å².